The lowest BCUT2D eigenvalue weighted by atomic mass is 9.85. The van der Waals surface area contributed by atoms with Crippen molar-refractivity contribution < 1.29 is 32.6 Å². The van der Waals surface area contributed by atoms with Crippen molar-refractivity contribution in [3.8, 4) is 0 Å². The third kappa shape index (κ3) is 6.18. The van der Waals surface area contributed by atoms with Crippen LogP contribution in [0.15, 0.2) is 71.9 Å². The number of nitrogens with one attached hydrogen (secondary N) is 1. The molecular formula is C27H22Cl3F3N2O4. The van der Waals surface area contributed by atoms with Crippen molar-refractivity contribution in [2.75, 3.05) is 13.1 Å². The number of carbonyl (C=O) groups is 1. The van der Waals surface area contributed by atoms with Crippen LogP contribution >= 0.6 is 34.8 Å². The van der Waals surface area contributed by atoms with Gasteiger partial charge >= 0.3 is 6.18 Å². The standard InChI is InChI=1S/C19H14Cl3F3N2O2.C8H8O2/c20-13-5-12(6-14(21)16(13)22)18(19(23,24)25)7-15(27-29-18)10-1-3-11(4-2-10)17(28)8-26-9-17;9-7-10-6-8-4-2-1-3-5-8/h1-6,26,28H,7-9H2;1-5,7H,6H2/t18-;/m1./s1. The highest BCUT2D eigenvalue weighted by atomic mass is 35.5. The van der Waals surface area contributed by atoms with Crippen LogP contribution in [0, 0.1) is 0 Å². The molecule has 12 heteroatoms. The van der Waals surface area contributed by atoms with E-state index in [-0.39, 0.29) is 26.3 Å². The quantitative estimate of drug-likeness (QED) is 0.253. The van der Waals surface area contributed by atoms with E-state index in [9.17, 15) is 23.1 Å². The van der Waals surface area contributed by atoms with E-state index in [1.165, 1.54) is 0 Å². The van der Waals surface area contributed by atoms with Crippen LogP contribution in [-0.4, -0.2) is 36.6 Å². The zero-order chi connectivity index (χ0) is 28.3. The van der Waals surface area contributed by atoms with E-state index in [4.69, 9.17) is 39.6 Å². The van der Waals surface area contributed by atoms with Gasteiger partial charge in [0, 0.05) is 25.1 Å². The van der Waals surface area contributed by atoms with Gasteiger partial charge in [0.25, 0.3) is 12.1 Å². The number of ether oxygens (including phenoxy) is 1. The minimum absolute atomic E-state index is 0.0347. The Bertz CT molecular complexity index is 1330. The summed E-state index contributed by atoms with van der Waals surface area (Å²) in [5.41, 5.74) is -1.70. The number of β-amino-alcohol motifs (C(OH)–C–C–N with tert-alkyl or cyclic N) is 1. The van der Waals surface area contributed by atoms with Gasteiger partial charge in [0.05, 0.1) is 20.8 Å². The summed E-state index contributed by atoms with van der Waals surface area (Å²) in [6.45, 7) is 1.66. The molecule has 5 rings (SSSR count). The lowest BCUT2D eigenvalue weighted by molar-refractivity contribution is -0.275. The van der Waals surface area contributed by atoms with Gasteiger partial charge in [0.1, 0.15) is 12.2 Å². The fourth-order valence-corrected chi connectivity index (χ4v) is 4.69. The molecule has 2 N–H and O–H groups in total. The molecule has 0 radical (unpaired) electrons. The van der Waals surface area contributed by atoms with Crippen molar-refractivity contribution in [3.05, 3.63) is 104 Å². The Morgan fingerprint density at radius 3 is 2.13 bits per heavy atom. The van der Waals surface area contributed by atoms with Crippen LogP contribution in [0.2, 0.25) is 15.1 Å². The van der Waals surface area contributed by atoms with Crippen LogP contribution in [0.4, 0.5) is 13.2 Å². The number of oxime groups is 1. The molecule has 2 aliphatic heterocycles. The Morgan fingerprint density at radius 2 is 1.62 bits per heavy atom. The molecule has 0 amide bonds. The molecule has 2 aliphatic rings. The zero-order valence-electron chi connectivity index (χ0n) is 20.1. The molecule has 0 aromatic heterocycles. The average Bonchev–Trinajstić information content (AvgIpc) is 3.37. The second-order valence-corrected chi connectivity index (χ2v) is 10.2. The predicted octanol–water partition coefficient (Wildman–Crippen LogP) is 6.38. The first-order valence-electron chi connectivity index (χ1n) is 11.6. The van der Waals surface area contributed by atoms with Crippen LogP contribution in [0.5, 0.6) is 0 Å². The summed E-state index contributed by atoms with van der Waals surface area (Å²) in [6, 6.07) is 18.3. The maximum atomic E-state index is 14.1. The highest BCUT2D eigenvalue weighted by Crippen LogP contribution is 2.50. The highest BCUT2D eigenvalue weighted by molar-refractivity contribution is 6.48. The first-order valence-corrected chi connectivity index (χ1v) is 12.7. The van der Waals surface area contributed by atoms with Gasteiger partial charge in [-0.3, -0.25) is 4.79 Å². The fraction of sp³-hybridized carbons (Fsp3) is 0.259. The Morgan fingerprint density at radius 1 is 1.00 bits per heavy atom. The molecule has 1 atom stereocenters. The molecule has 0 saturated carbocycles. The lowest BCUT2D eigenvalue weighted by Crippen LogP contribution is -2.56. The summed E-state index contributed by atoms with van der Waals surface area (Å²) < 4.78 is 46.8. The van der Waals surface area contributed by atoms with Crippen molar-refractivity contribution >= 4 is 47.0 Å². The summed E-state index contributed by atoms with van der Waals surface area (Å²) in [4.78, 5) is 14.7. The number of alkyl halides is 3. The molecule has 2 heterocycles. The number of aliphatic hydroxyl groups is 1. The van der Waals surface area contributed by atoms with Gasteiger partial charge in [-0.25, -0.2) is 0 Å². The summed E-state index contributed by atoms with van der Waals surface area (Å²) in [5, 5.41) is 16.8. The fourth-order valence-electron chi connectivity index (χ4n) is 4.09. The molecule has 0 aliphatic carbocycles. The Kier molecular flexibility index (Phi) is 8.78. The maximum Gasteiger partial charge on any atom is 0.435 e. The number of hydrogen-bond donors (Lipinski definition) is 2. The maximum absolute atomic E-state index is 14.1. The number of nitrogens with zero attached hydrogens (tertiary/aromatic N) is 1. The van der Waals surface area contributed by atoms with E-state index in [1.54, 1.807) is 24.3 Å². The first-order chi connectivity index (χ1) is 18.5. The van der Waals surface area contributed by atoms with Gasteiger partial charge in [0.15, 0.2) is 0 Å². The first kappa shape index (κ1) is 29.2. The molecule has 3 aromatic rings. The van der Waals surface area contributed by atoms with Crippen molar-refractivity contribution in [2.45, 2.75) is 30.4 Å². The normalized spacial score (nSPS) is 19.6. The lowest BCUT2D eigenvalue weighted by Gasteiger charge is -2.38. The number of hydrogen-bond acceptors (Lipinski definition) is 6. The predicted molar refractivity (Wildman–Crippen MR) is 142 cm³/mol. The molecule has 0 bridgehead atoms. The zero-order valence-corrected chi connectivity index (χ0v) is 22.4. The van der Waals surface area contributed by atoms with Crippen molar-refractivity contribution in [2.24, 2.45) is 5.16 Å². The second-order valence-electron chi connectivity index (χ2n) is 8.99. The number of carbonyl (C=O) groups excluding carboxylic acids is 1. The van der Waals surface area contributed by atoms with Crippen molar-refractivity contribution in [3.63, 3.8) is 0 Å². The second kappa shape index (κ2) is 11.7. The van der Waals surface area contributed by atoms with Gasteiger partial charge < -0.3 is 20.0 Å². The highest BCUT2D eigenvalue weighted by Gasteiger charge is 2.62. The summed E-state index contributed by atoms with van der Waals surface area (Å²) in [5.74, 6) is 0. The van der Waals surface area contributed by atoms with Crippen LogP contribution < -0.4 is 5.32 Å². The van der Waals surface area contributed by atoms with Crippen molar-refractivity contribution in [1.82, 2.24) is 5.32 Å². The third-order valence-corrected chi connectivity index (χ3v) is 7.58. The molecule has 6 nitrogen and oxygen atoms in total. The molecule has 206 valence electrons. The van der Waals surface area contributed by atoms with Crippen molar-refractivity contribution in [1.29, 1.82) is 0 Å². The van der Waals surface area contributed by atoms with E-state index in [1.807, 2.05) is 30.3 Å². The van der Waals surface area contributed by atoms with Crippen LogP contribution in [-0.2, 0) is 32.2 Å². The molecule has 0 unspecified atom stereocenters. The Labute approximate surface area is 237 Å². The molecule has 0 spiro atoms. The van der Waals surface area contributed by atoms with E-state index in [2.05, 4.69) is 15.2 Å². The van der Waals surface area contributed by atoms with E-state index in [0.717, 1.165) is 17.7 Å². The summed E-state index contributed by atoms with van der Waals surface area (Å²) in [6.07, 6.45) is -5.35. The molecular weight excluding hydrogens is 580 g/mol. The van der Waals surface area contributed by atoms with Crippen LogP contribution in [0.1, 0.15) is 28.7 Å². The number of rotatable bonds is 6. The smallest absolute Gasteiger partial charge is 0.435 e. The van der Waals surface area contributed by atoms with Crippen LogP contribution in [0.25, 0.3) is 0 Å². The summed E-state index contributed by atoms with van der Waals surface area (Å²) >= 11 is 17.7. The molecule has 1 saturated heterocycles. The molecule has 3 aromatic carbocycles. The van der Waals surface area contributed by atoms with Crippen LogP contribution in [0.3, 0.4) is 0 Å². The largest absolute Gasteiger partial charge is 0.463 e. The van der Waals surface area contributed by atoms with E-state index in [0.29, 0.717) is 37.3 Å². The topological polar surface area (TPSA) is 80.2 Å². The van der Waals surface area contributed by atoms with Gasteiger partial charge in [-0.1, -0.05) is 94.6 Å². The Balaban J connectivity index is 0.000000298. The summed E-state index contributed by atoms with van der Waals surface area (Å²) in [7, 11) is 0. The Hall–Kier alpha value is -2.82. The average molecular weight is 602 g/mol. The van der Waals surface area contributed by atoms with Gasteiger partial charge in [-0.15, -0.1) is 0 Å². The minimum atomic E-state index is -4.79. The van der Waals surface area contributed by atoms with E-state index < -0.39 is 23.8 Å². The van der Waals surface area contributed by atoms with Gasteiger partial charge in [-0.05, 0) is 28.8 Å². The molecule has 39 heavy (non-hydrogen) atoms. The minimum Gasteiger partial charge on any atom is -0.463 e. The SMILES string of the molecule is O=COCc1ccccc1.OC1(c2ccc(C3=NO[C@](c4cc(Cl)c(Cl)c(Cl)c4)(C(F)(F)F)C3)cc2)CNC1. The number of benzene rings is 3. The molecule has 1 fully saturated rings. The monoisotopic (exact) mass is 600 g/mol. The third-order valence-electron chi connectivity index (χ3n) is 6.39. The number of halogens is 6. The van der Waals surface area contributed by atoms with E-state index >= 15 is 0 Å². The van der Waals surface area contributed by atoms with Gasteiger partial charge in [0.2, 0.25) is 0 Å². The van der Waals surface area contributed by atoms with Gasteiger partial charge in [-0.2, -0.15) is 13.2 Å².